The van der Waals surface area contributed by atoms with Crippen LogP contribution in [0, 0.1) is 0 Å². The zero-order valence-corrected chi connectivity index (χ0v) is 12.5. The van der Waals surface area contributed by atoms with Crippen molar-refractivity contribution in [2.75, 3.05) is 30.4 Å². The van der Waals surface area contributed by atoms with Crippen LogP contribution in [-0.4, -0.2) is 32.3 Å². The minimum atomic E-state index is 0.474. The minimum Gasteiger partial charge on any atom is -0.381 e. The van der Waals surface area contributed by atoms with Crippen LogP contribution in [0.5, 0.6) is 0 Å². The highest BCUT2D eigenvalue weighted by molar-refractivity contribution is 5.70. The van der Waals surface area contributed by atoms with Crippen molar-refractivity contribution in [2.24, 2.45) is 0 Å². The van der Waals surface area contributed by atoms with Gasteiger partial charge in [-0.05, 0) is 50.7 Å². The van der Waals surface area contributed by atoms with Crippen LogP contribution < -0.4 is 10.2 Å². The summed E-state index contributed by atoms with van der Waals surface area (Å²) in [6.07, 6.45) is 7.92. The number of nitrogens with zero attached hydrogens (tertiary/aromatic N) is 1. The van der Waals surface area contributed by atoms with Crippen molar-refractivity contribution >= 4 is 11.4 Å². The highest BCUT2D eigenvalue weighted by atomic mass is 16.5. The Morgan fingerprint density at radius 1 is 1.05 bits per heavy atom. The van der Waals surface area contributed by atoms with Gasteiger partial charge in [0.25, 0.3) is 0 Å². The van der Waals surface area contributed by atoms with Crippen molar-refractivity contribution in [3.63, 3.8) is 0 Å². The molecule has 1 saturated carbocycles. The van der Waals surface area contributed by atoms with E-state index in [0.717, 1.165) is 0 Å². The van der Waals surface area contributed by atoms with Gasteiger partial charge in [0.15, 0.2) is 0 Å². The van der Waals surface area contributed by atoms with Crippen molar-refractivity contribution in [2.45, 2.75) is 50.7 Å². The first-order valence-electron chi connectivity index (χ1n) is 8.00. The number of rotatable bonds is 4. The van der Waals surface area contributed by atoms with Gasteiger partial charge < -0.3 is 15.0 Å². The van der Waals surface area contributed by atoms with Gasteiger partial charge in [-0.3, -0.25) is 0 Å². The molecular formula is C17H26N2O. The highest BCUT2D eigenvalue weighted by Gasteiger charge is 2.22. The molecule has 0 unspecified atom stereocenters. The Hall–Kier alpha value is -1.22. The maximum absolute atomic E-state index is 5.46. The molecule has 0 aromatic heterocycles. The Balaban J connectivity index is 1.65. The average Bonchev–Trinajstić information content (AvgIpc) is 3.03. The monoisotopic (exact) mass is 274 g/mol. The molecule has 0 radical (unpaired) electrons. The fourth-order valence-corrected chi connectivity index (χ4v) is 3.49. The van der Waals surface area contributed by atoms with Gasteiger partial charge in [0.2, 0.25) is 0 Å². The quantitative estimate of drug-likeness (QED) is 0.907. The first-order valence-corrected chi connectivity index (χ1v) is 8.00. The van der Waals surface area contributed by atoms with E-state index in [-0.39, 0.29) is 0 Å². The molecule has 1 aliphatic carbocycles. The molecule has 2 fully saturated rings. The number of hydrogen-bond donors (Lipinski definition) is 1. The van der Waals surface area contributed by atoms with Crippen LogP contribution in [0.2, 0.25) is 0 Å². The van der Waals surface area contributed by atoms with E-state index in [4.69, 9.17) is 4.74 Å². The molecule has 110 valence electrons. The molecule has 1 aromatic rings. The SMILES string of the molecule is COC1CCC(Nc2ccccc2N2CCCC2)CC1. The Bertz CT molecular complexity index is 421. The molecule has 1 aromatic carbocycles. The number of ether oxygens (including phenoxy) is 1. The third-order valence-corrected chi connectivity index (χ3v) is 4.72. The summed E-state index contributed by atoms with van der Waals surface area (Å²) in [4.78, 5) is 2.52. The van der Waals surface area contributed by atoms with E-state index < -0.39 is 0 Å². The Morgan fingerprint density at radius 3 is 2.45 bits per heavy atom. The summed E-state index contributed by atoms with van der Waals surface area (Å²) < 4.78 is 5.46. The third-order valence-electron chi connectivity index (χ3n) is 4.72. The molecule has 0 amide bonds. The van der Waals surface area contributed by atoms with E-state index in [1.54, 1.807) is 0 Å². The summed E-state index contributed by atoms with van der Waals surface area (Å²) >= 11 is 0. The maximum atomic E-state index is 5.46. The van der Waals surface area contributed by atoms with Crippen molar-refractivity contribution in [1.82, 2.24) is 0 Å². The van der Waals surface area contributed by atoms with Crippen molar-refractivity contribution < 1.29 is 4.74 Å². The van der Waals surface area contributed by atoms with Gasteiger partial charge in [0.1, 0.15) is 0 Å². The lowest BCUT2D eigenvalue weighted by Gasteiger charge is -2.31. The molecular weight excluding hydrogens is 248 g/mol. The zero-order chi connectivity index (χ0) is 13.8. The zero-order valence-electron chi connectivity index (χ0n) is 12.5. The van der Waals surface area contributed by atoms with E-state index in [9.17, 15) is 0 Å². The molecule has 1 heterocycles. The number of hydrogen-bond acceptors (Lipinski definition) is 3. The molecule has 0 spiro atoms. The van der Waals surface area contributed by atoms with Gasteiger partial charge in [-0.25, -0.2) is 0 Å². The molecule has 1 N–H and O–H groups in total. The Kier molecular flexibility index (Phi) is 4.46. The molecule has 3 nitrogen and oxygen atoms in total. The van der Waals surface area contributed by atoms with Crippen molar-refractivity contribution in [3.05, 3.63) is 24.3 Å². The Labute approximate surface area is 122 Å². The third kappa shape index (κ3) is 3.09. The van der Waals surface area contributed by atoms with E-state index in [1.807, 2.05) is 7.11 Å². The molecule has 0 bridgehead atoms. The number of para-hydroxylation sites is 2. The summed E-state index contributed by atoms with van der Waals surface area (Å²) in [5.74, 6) is 0. The fourth-order valence-electron chi connectivity index (χ4n) is 3.49. The van der Waals surface area contributed by atoms with Gasteiger partial charge in [-0.2, -0.15) is 0 Å². The van der Waals surface area contributed by atoms with E-state index >= 15 is 0 Å². The first-order chi connectivity index (χ1) is 9.86. The number of anilines is 2. The maximum Gasteiger partial charge on any atom is 0.0602 e. The summed E-state index contributed by atoms with van der Waals surface area (Å²) in [5.41, 5.74) is 2.70. The van der Waals surface area contributed by atoms with Gasteiger partial charge in [0, 0.05) is 26.2 Å². The van der Waals surface area contributed by atoms with E-state index in [2.05, 4.69) is 34.5 Å². The largest absolute Gasteiger partial charge is 0.381 e. The standard InChI is InChI=1S/C17H26N2O/c1-20-15-10-8-14(9-11-15)18-16-6-2-3-7-17(16)19-12-4-5-13-19/h2-3,6-7,14-15,18H,4-5,8-13H2,1H3. The molecule has 1 aliphatic heterocycles. The van der Waals surface area contributed by atoms with Gasteiger partial charge >= 0.3 is 0 Å². The lowest BCUT2D eigenvalue weighted by molar-refractivity contribution is 0.0682. The summed E-state index contributed by atoms with van der Waals surface area (Å²) in [5, 5.41) is 3.77. The second kappa shape index (κ2) is 6.49. The van der Waals surface area contributed by atoms with Crippen LogP contribution in [0.1, 0.15) is 38.5 Å². The topological polar surface area (TPSA) is 24.5 Å². The smallest absolute Gasteiger partial charge is 0.0602 e. The van der Waals surface area contributed by atoms with E-state index in [0.29, 0.717) is 12.1 Å². The highest BCUT2D eigenvalue weighted by Crippen LogP contribution is 2.31. The number of methoxy groups -OCH3 is 1. The molecule has 0 atom stereocenters. The van der Waals surface area contributed by atoms with Crippen LogP contribution in [-0.2, 0) is 4.74 Å². The van der Waals surface area contributed by atoms with Crippen LogP contribution in [0.25, 0.3) is 0 Å². The molecule has 3 heteroatoms. The number of nitrogens with one attached hydrogen (secondary N) is 1. The normalized spacial score (nSPS) is 26.8. The predicted octanol–water partition coefficient (Wildman–Crippen LogP) is 3.66. The number of benzene rings is 1. The summed E-state index contributed by atoms with van der Waals surface area (Å²) in [6.45, 7) is 2.41. The lowest BCUT2D eigenvalue weighted by atomic mass is 9.92. The second-order valence-electron chi connectivity index (χ2n) is 6.06. The van der Waals surface area contributed by atoms with Crippen molar-refractivity contribution in [1.29, 1.82) is 0 Å². The van der Waals surface area contributed by atoms with Gasteiger partial charge in [-0.15, -0.1) is 0 Å². The first kappa shape index (κ1) is 13.7. The summed E-state index contributed by atoms with van der Waals surface area (Å²) in [7, 11) is 1.83. The average molecular weight is 274 g/mol. The minimum absolute atomic E-state index is 0.474. The van der Waals surface area contributed by atoms with Gasteiger partial charge in [0.05, 0.1) is 17.5 Å². The molecule has 20 heavy (non-hydrogen) atoms. The fraction of sp³-hybridized carbons (Fsp3) is 0.647. The summed E-state index contributed by atoms with van der Waals surface area (Å²) in [6, 6.07) is 9.39. The molecule has 3 rings (SSSR count). The van der Waals surface area contributed by atoms with Crippen molar-refractivity contribution in [3.8, 4) is 0 Å². The Morgan fingerprint density at radius 2 is 1.75 bits per heavy atom. The van der Waals surface area contributed by atoms with Crippen LogP contribution in [0.15, 0.2) is 24.3 Å². The molecule has 2 aliphatic rings. The lowest BCUT2D eigenvalue weighted by Crippen LogP contribution is -2.30. The van der Waals surface area contributed by atoms with Crippen LogP contribution in [0.3, 0.4) is 0 Å². The predicted molar refractivity (Wildman–Crippen MR) is 84.6 cm³/mol. The van der Waals surface area contributed by atoms with Crippen LogP contribution >= 0.6 is 0 Å². The second-order valence-corrected chi connectivity index (χ2v) is 6.06. The van der Waals surface area contributed by atoms with Gasteiger partial charge in [-0.1, -0.05) is 12.1 Å². The van der Waals surface area contributed by atoms with Crippen LogP contribution in [0.4, 0.5) is 11.4 Å². The molecule has 1 saturated heterocycles. The van der Waals surface area contributed by atoms with E-state index in [1.165, 1.54) is 63.0 Å².